The Kier molecular flexibility index (Phi) is 6.20. The van der Waals surface area contributed by atoms with Crippen LogP contribution in [0.2, 0.25) is 0 Å². The molecule has 27 heavy (non-hydrogen) atoms. The Morgan fingerprint density at radius 3 is 2.59 bits per heavy atom. The molecule has 0 saturated carbocycles. The van der Waals surface area contributed by atoms with Gasteiger partial charge < -0.3 is 9.47 Å². The molecule has 2 N–H and O–H groups in total. The predicted octanol–water partition coefficient (Wildman–Crippen LogP) is 1.85. The maximum absolute atomic E-state index is 12.3. The van der Waals surface area contributed by atoms with E-state index in [0.29, 0.717) is 11.4 Å². The van der Waals surface area contributed by atoms with E-state index in [1.54, 1.807) is 12.3 Å². The van der Waals surface area contributed by atoms with Crippen molar-refractivity contribution >= 4 is 11.9 Å². The van der Waals surface area contributed by atoms with Crippen molar-refractivity contribution in [1.82, 2.24) is 20.3 Å². The third kappa shape index (κ3) is 5.38. The van der Waals surface area contributed by atoms with E-state index < -0.39 is 0 Å². The van der Waals surface area contributed by atoms with Crippen molar-refractivity contribution in [2.24, 2.45) is 0 Å². The standard InChI is InChI=1S/C19H25N5O3/c1-13-10-24(11-14(2)27-13)12-15-4-6-16(7-5-15)18(25)22-23-19-20-9-8-17(21-19)26-3/h4-9,13-14H,10-12H2,1-3H3,(H,22,25)(H,20,21,23)/t13-,14+. The Hall–Kier alpha value is -2.71. The summed E-state index contributed by atoms with van der Waals surface area (Å²) in [6.45, 7) is 6.86. The zero-order valence-corrected chi connectivity index (χ0v) is 15.8. The highest BCUT2D eigenvalue weighted by Crippen LogP contribution is 2.15. The van der Waals surface area contributed by atoms with Crippen LogP contribution in [0.5, 0.6) is 5.88 Å². The topological polar surface area (TPSA) is 88.6 Å². The highest BCUT2D eigenvalue weighted by atomic mass is 16.5. The molecule has 3 rings (SSSR count). The minimum absolute atomic E-state index is 0.240. The van der Waals surface area contributed by atoms with Gasteiger partial charge in [-0.25, -0.2) is 4.98 Å². The monoisotopic (exact) mass is 371 g/mol. The van der Waals surface area contributed by atoms with Crippen molar-refractivity contribution in [3.8, 4) is 5.88 Å². The van der Waals surface area contributed by atoms with E-state index in [2.05, 4.69) is 39.6 Å². The SMILES string of the molecule is COc1ccnc(NNC(=O)c2ccc(CN3C[C@@H](C)O[C@@H](C)C3)cc2)n1. The molecule has 0 bridgehead atoms. The maximum atomic E-state index is 12.3. The first-order chi connectivity index (χ1) is 13.0. The van der Waals surface area contributed by atoms with E-state index in [1.165, 1.54) is 7.11 Å². The summed E-state index contributed by atoms with van der Waals surface area (Å²) in [5.41, 5.74) is 6.98. The Morgan fingerprint density at radius 1 is 1.22 bits per heavy atom. The molecule has 8 heteroatoms. The molecule has 1 saturated heterocycles. The largest absolute Gasteiger partial charge is 0.481 e. The molecule has 2 heterocycles. The number of nitrogens with zero attached hydrogens (tertiary/aromatic N) is 3. The summed E-state index contributed by atoms with van der Waals surface area (Å²) in [5.74, 6) is 0.411. The minimum Gasteiger partial charge on any atom is -0.481 e. The Labute approximate surface area is 158 Å². The van der Waals surface area contributed by atoms with Crippen LogP contribution < -0.4 is 15.6 Å². The molecule has 0 aliphatic carbocycles. The molecule has 0 radical (unpaired) electrons. The van der Waals surface area contributed by atoms with Crippen LogP contribution in [0.3, 0.4) is 0 Å². The summed E-state index contributed by atoms with van der Waals surface area (Å²) in [5, 5.41) is 0. The number of hydrogen-bond acceptors (Lipinski definition) is 7. The van der Waals surface area contributed by atoms with Gasteiger partial charge in [-0.15, -0.1) is 0 Å². The second kappa shape index (κ2) is 8.79. The summed E-state index contributed by atoms with van der Waals surface area (Å²) in [6.07, 6.45) is 2.02. The number of morpholine rings is 1. The molecular formula is C19H25N5O3. The number of nitrogens with one attached hydrogen (secondary N) is 2. The van der Waals surface area contributed by atoms with Crippen molar-refractivity contribution in [2.75, 3.05) is 25.6 Å². The molecular weight excluding hydrogens is 346 g/mol. The molecule has 1 aliphatic rings. The number of hydrazine groups is 1. The molecule has 144 valence electrons. The van der Waals surface area contributed by atoms with Crippen LogP contribution >= 0.6 is 0 Å². The number of methoxy groups -OCH3 is 1. The van der Waals surface area contributed by atoms with Crippen molar-refractivity contribution in [3.63, 3.8) is 0 Å². The minimum atomic E-state index is -0.262. The number of aromatic nitrogens is 2. The van der Waals surface area contributed by atoms with Gasteiger partial charge in [-0.1, -0.05) is 12.1 Å². The zero-order valence-electron chi connectivity index (χ0n) is 15.8. The molecule has 1 aromatic carbocycles. The number of carbonyl (C=O) groups excluding carboxylic acids is 1. The van der Waals surface area contributed by atoms with E-state index in [1.807, 2.05) is 24.3 Å². The second-order valence-corrected chi connectivity index (χ2v) is 6.65. The molecule has 0 spiro atoms. The first-order valence-electron chi connectivity index (χ1n) is 8.93. The van der Waals surface area contributed by atoms with Gasteiger partial charge in [-0.05, 0) is 31.5 Å². The Bertz CT molecular complexity index is 758. The van der Waals surface area contributed by atoms with Crippen LogP contribution in [0.1, 0.15) is 29.8 Å². The lowest BCUT2D eigenvalue weighted by Gasteiger charge is -2.35. The normalized spacial score (nSPS) is 20.1. The summed E-state index contributed by atoms with van der Waals surface area (Å²) >= 11 is 0. The van der Waals surface area contributed by atoms with E-state index in [0.717, 1.165) is 25.2 Å². The summed E-state index contributed by atoms with van der Waals surface area (Å²) < 4.78 is 10.8. The van der Waals surface area contributed by atoms with Crippen LogP contribution in [0.4, 0.5) is 5.95 Å². The average Bonchev–Trinajstić information content (AvgIpc) is 2.66. The van der Waals surface area contributed by atoms with Crippen molar-refractivity contribution in [1.29, 1.82) is 0 Å². The fourth-order valence-corrected chi connectivity index (χ4v) is 3.13. The number of carbonyl (C=O) groups is 1. The van der Waals surface area contributed by atoms with Gasteiger partial charge in [0.2, 0.25) is 11.8 Å². The van der Waals surface area contributed by atoms with Gasteiger partial charge in [-0.2, -0.15) is 4.98 Å². The zero-order chi connectivity index (χ0) is 19.2. The molecule has 1 fully saturated rings. The Balaban J connectivity index is 1.54. The molecule has 2 atom stereocenters. The van der Waals surface area contributed by atoms with Gasteiger partial charge in [0, 0.05) is 37.5 Å². The second-order valence-electron chi connectivity index (χ2n) is 6.65. The molecule has 0 unspecified atom stereocenters. The quantitative estimate of drug-likeness (QED) is 0.749. The van der Waals surface area contributed by atoms with Gasteiger partial charge in [0.1, 0.15) is 0 Å². The van der Waals surface area contributed by atoms with Crippen molar-refractivity contribution in [2.45, 2.75) is 32.6 Å². The molecule has 1 aromatic heterocycles. The fraction of sp³-hybridized carbons (Fsp3) is 0.421. The average molecular weight is 371 g/mol. The molecule has 1 amide bonds. The number of rotatable bonds is 6. The van der Waals surface area contributed by atoms with E-state index in [-0.39, 0.29) is 24.1 Å². The van der Waals surface area contributed by atoms with Gasteiger partial charge in [0.25, 0.3) is 5.91 Å². The van der Waals surface area contributed by atoms with E-state index in [4.69, 9.17) is 9.47 Å². The molecule has 1 aliphatic heterocycles. The number of hydrogen-bond donors (Lipinski definition) is 2. The lowest BCUT2D eigenvalue weighted by molar-refractivity contribution is -0.0704. The highest BCUT2D eigenvalue weighted by molar-refractivity contribution is 5.94. The van der Waals surface area contributed by atoms with E-state index in [9.17, 15) is 4.79 Å². The number of amides is 1. The third-order valence-corrected chi connectivity index (χ3v) is 4.24. The number of ether oxygens (including phenoxy) is 2. The smallest absolute Gasteiger partial charge is 0.269 e. The van der Waals surface area contributed by atoms with Gasteiger partial charge in [0.15, 0.2) is 0 Å². The van der Waals surface area contributed by atoms with Gasteiger partial charge in [0.05, 0.1) is 19.3 Å². The lowest BCUT2D eigenvalue weighted by Crippen LogP contribution is -2.44. The summed E-state index contributed by atoms with van der Waals surface area (Å²) in [4.78, 5) is 22.7. The first kappa shape index (κ1) is 19.1. The van der Waals surface area contributed by atoms with Crippen molar-refractivity contribution in [3.05, 3.63) is 47.7 Å². The number of anilines is 1. The third-order valence-electron chi connectivity index (χ3n) is 4.24. The summed E-state index contributed by atoms with van der Waals surface area (Å²) in [7, 11) is 1.52. The van der Waals surface area contributed by atoms with Crippen LogP contribution in [0.25, 0.3) is 0 Å². The first-order valence-corrected chi connectivity index (χ1v) is 8.93. The Morgan fingerprint density at radius 2 is 1.93 bits per heavy atom. The molecule has 8 nitrogen and oxygen atoms in total. The van der Waals surface area contributed by atoms with Crippen LogP contribution in [0.15, 0.2) is 36.5 Å². The van der Waals surface area contributed by atoms with Gasteiger partial charge >= 0.3 is 0 Å². The highest BCUT2D eigenvalue weighted by Gasteiger charge is 2.22. The number of benzene rings is 1. The molecule has 2 aromatic rings. The lowest BCUT2D eigenvalue weighted by atomic mass is 10.1. The van der Waals surface area contributed by atoms with Crippen LogP contribution in [-0.4, -0.2) is 53.2 Å². The fourth-order valence-electron chi connectivity index (χ4n) is 3.13. The van der Waals surface area contributed by atoms with Crippen LogP contribution in [-0.2, 0) is 11.3 Å². The van der Waals surface area contributed by atoms with Crippen LogP contribution in [0, 0.1) is 0 Å². The predicted molar refractivity (Wildman–Crippen MR) is 101 cm³/mol. The summed E-state index contributed by atoms with van der Waals surface area (Å²) in [6, 6.07) is 9.20. The van der Waals surface area contributed by atoms with Gasteiger partial charge in [-0.3, -0.25) is 20.5 Å². The van der Waals surface area contributed by atoms with E-state index >= 15 is 0 Å². The maximum Gasteiger partial charge on any atom is 0.269 e. The van der Waals surface area contributed by atoms with Crippen molar-refractivity contribution < 1.29 is 14.3 Å².